The van der Waals surface area contributed by atoms with E-state index in [1.807, 2.05) is 0 Å². The highest BCUT2D eigenvalue weighted by Crippen LogP contribution is 2.18. The van der Waals surface area contributed by atoms with Gasteiger partial charge in [0.25, 0.3) is 10.0 Å². The maximum Gasteiger partial charge on any atom is 0.262 e. The Morgan fingerprint density at radius 2 is 2.00 bits per heavy atom. The lowest BCUT2D eigenvalue weighted by Crippen LogP contribution is -2.38. The van der Waals surface area contributed by atoms with Gasteiger partial charge in [-0.25, -0.2) is 13.4 Å². The summed E-state index contributed by atoms with van der Waals surface area (Å²) in [4.78, 5) is 4.05. The molecule has 0 atom stereocenters. The minimum absolute atomic E-state index is 0.0758. The van der Waals surface area contributed by atoms with Gasteiger partial charge in [0.2, 0.25) is 0 Å². The number of nitrogens with zero attached hydrogens (tertiary/aromatic N) is 4. The number of sulfonamides is 1. The quantitative estimate of drug-likeness (QED) is 0.621. The summed E-state index contributed by atoms with van der Waals surface area (Å²) >= 11 is 0. The van der Waals surface area contributed by atoms with Crippen LogP contribution in [0.5, 0.6) is 0 Å². The number of hydrogen-bond donors (Lipinski definition) is 1. The zero-order chi connectivity index (χ0) is 13.3. The van der Waals surface area contributed by atoms with Gasteiger partial charge >= 0.3 is 0 Å². The van der Waals surface area contributed by atoms with Crippen molar-refractivity contribution < 1.29 is 13.6 Å². The van der Waals surface area contributed by atoms with Crippen LogP contribution in [0.15, 0.2) is 16.4 Å². The Morgan fingerprint density at radius 3 is 2.44 bits per heavy atom. The third-order valence-corrected chi connectivity index (χ3v) is 4.90. The topological polar surface area (TPSA) is 87.8 Å². The first-order valence-corrected chi connectivity index (χ1v) is 7.09. The Kier molecular flexibility index (Phi) is 3.40. The Morgan fingerprint density at radius 1 is 1.39 bits per heavy atom. The number of aromatic nitrogens is 2. The van der Waals surface area contributed by atoms with E-state index in [9.17, 15) is 8.42 Å². The maximum absolute atomic E-state index is 12.3. The van der Waals surface area contributed by atoms with Crippen molar-refractivity contribution in [1.29, 1.82) is 0 Å². The molecule has 0 aromatic carbocycles. The number of aryl methyl sites for hydroxylation is 2. The molecule has 1 aliphatic heterocycles. The molecular formula is C10H16N4O3S. The number of oxime groups is 1. The average Bonchev–Trinajstić information content (AvgIpc) is 2.70. The number of imidazole rings is 1. The van der Waals surface area contributed by atoms with Gasteiger partial charge in [-0.3, -0.25) is 0 Å². The summed E-state index contributed by atoms with van der Waals surface area (Å²) in [6.07, 6.45) is 2.43. The Hall–Kier alpha value is -1.41. The van der Waals surface area contributed by atoms with Gasteiger partial charge in [0, 0.05) is 39.2 Å². The smallest absolute Gasteiger partial charge is 0.262 e. The minimum atomic E-state index is -3.53. The Labute approximate surface area is 106 Å². The molecule has 0 bridgehead atoms. The van der Waals surface area contributed by atoms with Crippen LogP contribution in [-0.2, 0) is 17.1 Å². The molecule has 0 spiro atoms. The van der Waals surface area contributed by atoms with Crippen LogP contribution in [0.3, 0.4) is 0 Å². The fourth-order valence-electron chi connectivity index (χ4n) is 1.87. The van der Waals surface area contributed by atoms with Gasteiger partial charge in [-0.15, -0.1) is 0 Å². The highest BCUT2D eigenvalue weighted by Gasteiger charge is 2.30. The predicted molar refractivity (Wildman–Crippen MR) is 65.2 cm³/mol. The average molecular weight is 272 g/mol. The summed E-state index contributed by atoms with van der Waals surface area (Å²) in [5.41, 5.74) is 0.638. The summed E-state index contributed by atoms with van der Waals surface area (Å²) in [6, 6.07) is 0. The van der Waals surface area contributed by atoms with Crippen LogP contribution in [0.25, 0.3) is 0 Å². The largest absolute Gasteiger partial charge is 0.411 e. The molecule has 0 unspecified atom stereocenters. The third kappa shape index (κ3) is 2.25. The molecule has 1 aromatic rings. The molecule has 1 fully saturated rings. The van der Waals surface area contributed by atoms with E-state index >= 15 is 0 Å². The molecule has 2 heterocycles. The van der Waals surface area contributed by atoms with Crippen LogP contribution in [0, 0.1) is 6.92 Å². The van der Waals surface area contributed by atoms with Crippen molar-refractivity contribution in [3.63, 3.8) is 0 Å². The standard InChI is InChI=1S/C10H16N4O3S/c1-8-11-10(7-13(8)2)18(16,17)14-5-3-9(12-15)4-6-14/h7,15H,3-6H2,1-2H3. The second kappa shape index (κ2) is 4.69. The van der Waals surface area contributed by atoms with Gasteiger partial charge in [-0.1, -0.05) is 5.16 Å². The Bertz CT molecular complexity index is 546. The highest BCUT2D eigenvalue weighted by atomic mass is 32.2. The zero-order valence-electron chi connectivity index (χ0n) is 10.4. The number of hydrogen-bond acceptors (Lipinski definition) is 5. The first-order valence-electron chi connectivity index (χ1n) is 5.65. The van der Waals surface area contributed by atoms with Crippen LogP contribution in [0.1, 0.15) is 18.7 Å². The molecule has 1 N–H and O–H groups in total. The van der Waals surface area contributed by atoms with Crippen molar-refractivity contribution in [1.82, 2.24) is 13.9 Å². The summed E-state index contributed by atoms with van der Waals surface area (Å²) in [7, 11) is -1.77. The second-order valence-electron chi connectivity index (χ2n) is 4.31. The normalized spacial score (nSPS) is 18.0. The van der Waals surface area contributed by atoms with Crippen LogP contribution in [0.2, 0.25) is 0 Å². The van der Waals surface area contributed by atoms with E-state index in [4.69, 9.17) is 5.21 Å². The van der Waals surface area contributed by atoms with E-state index in [-0.39, 0.29) is 5.03 Å². The van der Waals surface area contributed by atoms with Crippen LogP contribution in [-0.4, -0.2) is 46.3 Å². The zero-order valence-corrected chi connectivity index (χ0v) is 11.2. The van der Waals surface area contributed by atoms with E-state index in [2.05, 4.69) is 10.1 Å². The molecule has 0 radical (unpaired) electrons. The SMILES string of the molecule is Cc1nc(S(=O)(=O)N2CCC(=NO)CC2)cn1C. The minimum Gasteiger partial charge on any atom is -0.411 e. The molecule has 2 rings (SSSR count). The number of rotatable bonds is 2. The maximum atomic E-state index is 12.3. The van der Waals surface area contributed by atoms with E-state index in [0.29, 0.717) is 37.5 Å². The van der Waals surface area contributed by atoms with Gasteiger partial charge < -0.3 is 9.77 Å². The first-order chi connectivity index (χ1) is 8.45. The lowest BCUT2D eigenvalue weighted by Gasteiger charge is -2.25. The molecule has 0 saturated carbocycles. The lowest BCUT2D eigenvalue weighted by molar-refractivity contribution is 0.309. The fourth-order valence-corrected chi connectivity index (χ4v) is 3.33. The van der Waals surface area contributed by atoms with Crippen molar-refractivity contribution in [3.8, 4) is 0 Å². The first kappa shape index (κ1) is 13.0. The van der Waals surface area contributed by atoms with Crippen molar-refractivity contribution in [3.05, 3.63) is 12.0 Å². The summed E-state index contributed by atoms with van der Waals surface area (Å²) in [6.45, 7) is 2.42. The van der Waals surface area contributed by atoms with Gasteiger partial charge in [-0.05, 0) is 6.92 Å². The van der Waals surface area contributed by atoms with Crippen LogP contribution >= 0.6 is 0 Å². The lowest BCUT2D eigenvalue weighted by atomic mass is 10.1. The Balaban J connectivity index is 2.22. The molecule has 1 saturated heterocycles. The van der Waals surface area contributed by atoms with Gasteiger partial charge in [-0.2, -0.15) is 4.31 Å². The van der Waals surface area contributed by atoms with Gasteiger partial charge in [0.15, 0.2) is 5.03 Å². The summed E-state index contributed by atoms with van der Waals surface area (Å²) in [5, 5.41) is 11.8. The third-order valence-electron chi connectivity index (χ3n) is 3.13. The molecule has 0 amide bonds. The molecular weight excluding hydrogens is 256 g/mol. The molecule has 18 heavy (non-hydrogen) atoms. The fraction of sp³-hybridized carbons (Fsp3) is 0.600. The van der Waals surface area contributed by atoms with Crippen molar-refractivity contribution in [2.24, 2.45) is 12.2 Å². The molecule has 7 nitrogen and oxygen atoms in total. The predicted octanol–water partition coefficient (Wildman–Crippen LogP) is 0.343. The van der Waals surface area contributed by atoms with Crippen LogP contribution < -0.4 is 0 Å². The van der Waals surface area contributed by atoms with Gasteiger partial charge in [0.1, 0.15) is 5.82 Å². The highest BCUT2D eigenvalue weighted by molar-refractivity contribution is 7.89. The van der Waals surface area contributed by atoms with Crippen molar-refractivity contribution >= 4 is 15.7 Å². The molecule has 8 heteroatoms. The monoisotopic (exact) mass is 272 g/mol. The van der Waals surface area contributed by atoms with E-state index in [1.54, 1.807) is 18.5 Å². The van der Waals surface area contributed by atoms with E-state index in [0.717, 1.165) is 0 Å². The summed E-state index contributed by atoms with van der Waals surface area (Å²) in [5.74, 6) is 0.656. The second-order valence-corrected chi connectivity index (χ2v) is 6.19. The molecule has 1 aromatic heterocycles. The van der Waals surface area contributed by atoms with Crippen LogP contribution in [0.4, 0.5) is 0 Å². The van der Waals surface area contributed by atoms with Gasteiger partial charge in [0.05, 0.1) is 5.71 Å². The number of piperidine rings is 1. The molecule has 100 valence electrons. The van der Waals surface area contributed by atoms with E-state index in [1.165, 1.54) is 10.5 Å². The van der Waals surface area contributed by atoms with E-state index < -0.39 is 10.0 Å². The van der Waals surface area contributed by atoms with Crippen molar-refractivity contribution in [2.75, 3.05) is 13.1 Å². The summed E-state index contributed by atoms with van der Waals surface area (Å²) < 4.78 is 27.6. The molecule has 0 aliphatic carbocycles. The molecule has 1 aliphatic rings. The van der Waals surface area contributed by atoms with Crippen molar-refractivity contribution in [2.45, 2.75) is 24.8 Å².